The molecule has 0 heterocycles. The Hall–Kier alpha value is -0.800. The minimum absolute atomic E-state index is 0.597. The molecular weight excluding hydrogens is 152 g/mol. The third kappa shape index (κ3) is 5.95. The highest BCUT2D eigenvalue weighted by Crippen LogP contribution is 2.09. The molecular formula is C9H18N2O. The molecule has 0 aromatic rings. The van der Waals surface area contributed by atoms with Crippen molar-refractivity contribution < 1.29 is 4.74 Å². The molecule has 0 saturated heterocycles. The fourth-order valence-electron chi connectivity index (χ4n) is 0.745. The number of ether oxygens (including phenoxy) is 1. The maximum absolute atomic E-state index is 5.00. The number of nitrogens with two attached hydrogens (primary N) is 2. The van der Waals surface area contributed by atoms with Crippen LogP contribution in [0, 0.1) is 0 Å². The average molecular weight is 170 g/mol. The maximum atomic E-state index is 5.00. The van der Waals surface area contributed by atoms with E-state index in [0.29, 0.717) is 13.1 Å². The first-order chi connectivity index (χ1) is 5.85. The van der Waals surface area contributed by atoms with E-state index in [-0.39, 0.29) is 0 Å². The maximum Gasteiger partial charge on any atom is 0.0956 e. The van der Waals surface area contributed by atoms with Crippen molar-refractivity contribution in [3.8, 4) is 0 Å². The molecule has 70 valence electrons. The Balaban J connectivity index is 0.000000261. The van der Waals surface area contributed by atoms with Crippen LogP contribution in [0.4, 0.5) is 0 Å². The van der Waals surface area contributed by atoms with Gasteiger partial charge in [-0.2, -0.15) is 0 Å². The number of methoxy groups -OCH3 is 1. The average Bonchev–Trinajstić information content (AvgIpc) is 2.19. The van der Waals surface area contributed by atoms with Gasteiger partial charge in [-0.15, -0.1) is 0 Å². The van der Waals surface area contributed by atoms with E-state index in [0.717, 1.165) is 18.6 Å². The standard InChI is InChI=1S/C7H10O.C2H8N2/c1-8-7-5-3-2-4-6-7;3-1-2-4/h2-3,6H,4-5H2,1H3;1-4H2. The van der Waals surface area contributed by atoms with Crippen molar-refractivity contribution in [1.82, 2.24) is 0 Å². The number of hydrogen-bond donors (Lipinski definition) is 2. The Labute approximate surface area is 74.1 Å². The predicted octanol–water partition coefficient (Wildman–Crippen LogP) is 0.771. The van der Waals surface area contributed by atoms with Crippen LogP contribution in [0.25, 0.3) is 0 Å². The van der Waals surface area contributed by atoms with Crippen molar-refractivity contribution in [3.63, 3.8) is 0 Å². The van der Waals surface area contributed by atoms with Crippen LogP contribution in [-0.4, -0.2) is 20.2 Å². The van der Waals surface area contributed by atoms with Crippen LogP contribution in [0.5, 0.6) is 0 Å². The molecule has 0 spiro atoms. The molecule has 3 heteroatoms. The zero-order valence-corrected chi connectivity index (χ0v) is 7.62. The van der Waals surface area contributed by atoms with Crippen LogP contribution in [0.1, 0.15) is 12.8 Å². The summed E-state index contributed by atoms with van der Waals surface area (Å²) in [5.41, 5.74) is 9.81. The fraction of sp³-hybridized carbons (Fsp3) is 0.556. The second-order valence-electron chi connectivity index (χ2n) is 2.36. The van der Waals surface area contributed by atoms with Gasteiger partial charge in [0.25, 0.3) is 0 Å². The van der Waals surface area contributed by atoms with E-state index in [2.05, 4.69) is 18.2 Å². The summed E-state index contributed by atoms with van der Waals surface area (Å²) in [6.07, 6.45) is 8.36. The first kappa shape index (κ1) is 11.2. The van der Waals surface area contributed by atoms with Gasteiger partial charge in [0.1, 0.15) is 0 Å². The van der Waals surface area contributed by atoms with Gasteiger partial charge in [0.05, 0.1) is 12.9 Å². The highest BCUT2D eigenvalue weighted by Gasteiger charge is 1.93. The molecule has 0 fully saturated rings. The SMILES string of the molecule is COC1=CCC=CC1.NCCN. The van der Waals surface area contributed by atoms with Gasteiger partial charge in [-0.05, 0) is 12.5 Å². The van der Waals surface area contributed by atoms with E-state index in [4.69, 9.17) is 16.2 Å². The Morgan fingerprint density at radius 2 is 2.00 bits per heavy atom. The van der Waals surface area contributed by atoms with Gasteiger partial charge in [0.2, 0.25) is 0 Å². The van der Waals surface area contributed by atoms with Gasteiger partial charge in [-0.3, -0.25) is 0 Å². The van der Waals surface area contributed by atoms with Gasteiger partial charge in [-0.25, -0.2) is 0 Å². The molecule has 4 N–H and O–H groups in total. The van der Waals surface area contributed by atoms with Crippen LogP contribution in [0.3, 0.4) is 0 Å². The monoisotopic (exact) mass is 170 g/mol. The fourth-order valence-corrected chi connectivity index (χ4v) is 0.745. The smallest absolute Gasteiger partial charge is 0.0956 e. The van der Waals surface area contributed by atoms with E-state index < -0.39 is 0 Å². The molecule has 0 aromatic carbocycles. The highest BCUT2D eigenvalue weighted by molar-refractivity contribution is 5.08. The second kappa shape index (κ2) is 8.30. The second-order valence-corrected chi connectivity index (χ2v) is 2.36. The summed E-state index contributed by atoms with van der Waals surface area (Å²) in [7, 11) is 1.71. The molecule has 0 aromatic heterocycles. The molecule has 1 rings (SSSR count). The number of hydrogen-bond acceptors (Lipinski definition) is 3. The summed E-state index contributed by atoms with van der Waals surface area (Å²) >= 11 is 0. The van der Waals surface area contributed by atoms with Crippen LogP contribution < -0.4 is 11.5 Å². The third-order valence-electron chi connectivity index (χ3n) is 1.40. The van der Waals surface area contributed by atoms with Crippen molar-refractivity contribution >= 4 is 0 Å². The highest BCUT2D eigenvalue weighted by atomic mass is 16.5. The van der Waals surface area contributed by atoms with Crippen LogP contribution in [0.15, 0.2) is 24.0 Å². The van der Waals surface area contributed by atoms with Crippen molar-refractivity contribution in [2.24, 2.45) is 11.5 Å². The summed E-state index contributed by atoms with van der Waals surface area (Å²) < 4.78 is 5.00. The van der Waals surface area contributed by atoms with Crippen LogP contribution in [0.2, 0.25) is 0 Å². The Morgan fingerprint density at radius 1 is 1.33 bits per heavy atom. The zero-order valence-electron chi connectivity index (χ0n) is 7.62. The summed E-state index contributed by atoms with van der Waals surface area (Å²) in [5.74, 6) is 1.09. The summed E-state index contributed by atoms with van der Waals surface area (Å²) in [6, 6.07) is 0. The summed E-state index contributed by atoms with van der Waals surface area (Å²) in [5, 5.41) is 0. The van der Waals surface area contributed by atoms with E-state index >= 15 is 0 Å². The zero-order chi connectivity index (χ0) is 9.23. The normalized spacial score (nSPS) is 14.4. The molecule has 0 unspecified atom stereocenters. The third-order valence-corrected chi connectivity index (χ3v) is 1.40. The summed E-state index contributed by atoms with van der Waals surface area (Å²) in [6.45, 7) is 1.19. The number of allylic oxidation sites excluding steroid dienone is 3. The first-order valence-corrected chi connectivity index (χ1v) is 4.13. The molecule has 0 amide bonds. The molecule has 0 radical (unpaired) electrons. The lowest BCUT2D eigenvalue weighted by atomic mass is 10.2. The Bertz CT molecular complexity index is 151. The molecule has 3 nitrogen and oxygen atoms in total. The van der Waals surface area contributed by atoms with E-state index in [1.807, 2.05) is 0 Å². The van der Waals surface area contributed by atoms with Crippen LogP contribution >= 0.6 is 0 Å². The molecule has 0 atom stereocenters. The van der Waals surface area contributed by atoms with Gasteiger partial charge in [0.15, 0.2) is 0 Å². The van der Waals surface area contributed by atoms with Gasteiger partial charge in [-0.1, -0.05) is 12.2 Å². The summed E-state index contributed by atoms with van der Waals surface area (Å²) in [4.78, 5) is 0. The molecule has 1 aliphatic rings. The Kier molecular flexibility index (Phi) is 7.74. The van der Waals surface area contributed by atoms with E-state index in [9.17, 15) is 0 Å². The van der Waals surface area contributed by atoms with Crippen LogP contribution in [-0.2, 0) is 4.74 Å². The minimum Gasteiger partial charge on any atom is -0.501 e. The van der Waals surface area contributed by atoms with E-state index in [1.54, 1.807) is 7.11 Å². The van der Waals surface area contributed by atoms with Gasteiger partial charge in [0, 0.05) is 19.5 Å². The predicted molar refractivity (Wildman–Crippen MR) is 51.6 cm³/mol. The van der Waals surface area contributed by atoms with Crippen molar-refractivity contribution in [1.29, 1.82) is 0 Å². The molecule has 0 bridgehead atoms. The quantitative estimate of drug-likeness (QED) is 0.602. The Morgan fingerprint density at radius 3 is 2.25 bits per heavy atom. The van der Waals surface area contributed by atoms with Crippen molar-refractivity contribution in [3.05, 3.63) is 24.0 Å². The molecule has 12 heavy (non-hydrogen) atoms. The molecule has 0 aliphatic heterocycles. The lowest BCUT2D eigenvalue weighted by Crippen LogP contribution is -2.11. The first-order valence-electron chi connectivity index (χ1n) is 4.13. The van der Waals surface area contributed by atoms with Crippen molar-refractivity contribution in [2.75, 3.05) is 20.2 Å². The van der Waals surface area contributed by atoms with Crippen molar-refractivity contribution in [2.45, 2.75) is 12.8 Å². The lowest BCUT2D eigenvalue weighted by molar-refractivity contribution is 0.282. The van der Waals surface area contributed by atoms with E-state index in [1.165, 1.54) is 0 Å². The number of rotatable bonds is 2. The molecule has 1 aliphatic carbocycles. The van der Waals surface area contributed by atoms with Gasteiger partial charge >= 0.3 is 0 Å². The molecule has 0 saturated carbocycles. The largest absolute Gasteiger partial charge is 0.501 e. The lowest BCUT2D eigenvalue weighted by Gasteiger charge is -2.04. The topological polar surface area (TPSA) is 61.3 Å². The van der Waals surface area contributed by atoms with Gasteiger partial charge < -0.3 is 16.2 Å². The minimum atomic E-state index is 0.597.